The van der Waals surface area contributed by atoms with Crippen LogP contribution in [0.1, 0.15) is 58.8 Å². The number of aliphatic carboxylic acids is 1. The normalized spacial score (nSPS) is 31.6. The molecule has 0 aromatic rings. The van der Waals surface area contributed by atoms with Crippen LogP contribution in [0.4, 0.5) is 0 Å². The van der Waals surface area contributed by atoms with E-state index in [-0.39, 0.29) is 19.1 Å². The van der Waals surface area contributed by atoms with E-state index >= 15 is 0 Å². The van der Waals surface area contributed by atoms with Crippen LogP contribution in [0.25, 0.3) is 0 Å². The number of carbonyl (C=O) groups excluding carboxylic acids is 3. The lowest BCUT2D eigenvalue weighted by Crippen LogP contribution is -2.58. The first kappa shape index (κ1) is 21.6. The second-order valence-corrected chi connectivity index (χ2v) is 8.85. The maximum absolute atomic E-state index is 13.3. The fraction of sp³-hybridized carbons (Fsp3) is 0.810. The van der Waals surface area contributed by atoms with Crippen LogP contribution in [0.15, 0.2) is 0 Å². The number of nitrogens with one attached hydrogen (secondary N) is 1. The second-order valence-electron chi connectivity index (χ2n) is 8.85. The molecule has 0 spiro atoms. The van der Waals surface area contributed by atoms with Gasteiger partial charge in [-0.05, 0) is 70.1 Å². The number of hydrogen-bond donors (Lipinski definition) is 2. The SMILES string of the molecule is CCOC(=O)C[C@H](C(=O)OCC)[C@H](NC(=O)C12CC3CC(CC(C3)C1)C2)C(=O)O. The number of ether oxygens (including phenoxy) is 2. The molecule has 8 nitrogen and oxygen atoms in total. The summed E-state index contributed by atoms with van der Waals surface area (Å²) in [7, 11) is 0. The highest BCUT2D eigenvalue weighted by Crippen LogP contribution is 2.60. The van der Waals surface area contributed by atoms with E-state index in [1.54, 1.807) is 13.8 Å². The summed E-state index contributed by atoms with van der Waals surface area (Å²) >= 11 is 0. The summed E-state index contributed by atoms with van der Waals surface area (Å²) < 4.78 is 9.87. The summed E-state index contributed by atoms with van der Waals surface area (Å²) in [4.78, 5) is 49.6. The smallest absolute Gasteiger partial charge is 0.327 e. The third-order valence-corrected chi connectivity index (χ3v) is 6.76. The maximum atomic E-state index is 13.3. The monoisotopic (exact) mass is 409 g/mol. The largest absolute Gasteiger partial charge is 0.480 e. The van der Waals surface area contributed by atoms with Crippen molar-refractivity contribution in [2.45, 2.75) is 64.8 Å². The lowest BCUT2D eigenvalue weighted by atomic mass is 9.49. The van der Waals surface area contributed by atoms with Gasteiger partial charge >= 0.3 is 17.9 Å². The zero-order valence-electron chi connectivity index (χ0n) is 17.1. The summed E-state index contributed by atoms with van der Waals surface area (Å²) in [5, 5.41) is 12.4. The predicted molar refractivity (Wildman–Crippen MR) is 102 cm³/mol. The van der Waals surface area contributed by atoms with E-state index in [2.05, 4.69) is 5.32 Å². The molecule has 0 aromatic carbocycles. The summed E-state index contributed by atoms with van der Waals surface area (Å²) in [5.74, 6) is -2.93. The highest BCUT2D eigenvalue weighted by atomic mass is 16.5. The van der Waals surface area contributed by atoms with Crippen LogP contribution in [-0.2, 0) is 28.7 Å². The van der Waals surface area contributed by atoms with Crippen molar-refractivity contribution in [1.29, 1.82) is 0 Å². The van der Waals surface area contributed by atoms with Crippen molar-refractivity contribution >= 4 is 23.8 Å². The van der Waals surface area contributed by atoms with Crippen LogP contribution < -0.4 is 5.32 Å². The molecule has 0 saturated heterocycles. The Kier molecular flexibility index (Phi) is 6.49. The molecule has 4 bridgehead atoms. The summed E-state index contributed by atoms with van der Waals surface area (Å²) in [6.45, 7) is 3.39. The van der Waals surface area contributed by atoms with Crippen molar-refractivity contribution < 1.29 is 33.8 Å². The first-order valence-corrected chi connectivity index (χ1v) is 10.6. The number of carboxylic acids is 1. The third-order valence-electron chi connectivity index (χ3n) is 6.76. The van der Waals surface area contributed by atoms with E-state index in [0.29, 0.717) is 17.8 Å². The highest BCUT2D eigenvalue weighted by Gasteiger charge is 2.55. The van der Waals surface area contributed by atoms with Gasteiger partial charge in [0.25, 0.3) is 0 Å². The standard InChI is InChI=1S/C21H31NO7/c1-3-28-16(23)8-15(19(26)29-4-2)17(18(24)25)22-20(27)21-9-12-5-13(10-21)7-14(6-12)11-21/h12-15,17H,3-11H2,1-2H3,(H,22,27)(H,24,25)/t12?,13?,14?,15-,17-,21?/m0/s1. The molecule has 4 fully saturated rings. The lowest BCUT2D eigenvalue weighted by Gasteiger charge is -2.55. The van der Waals surface area contributed by atoms with Gasteiger partial charge in [0.15, 0.2) is 0 Å². The molecular formula is C21H31NO7. The van der Waals surface area contributed by atoms with Gasteiger partial charge < -0.3 is 19.9 Å². The molecule has 0 aromatic heterocycles. The van der Waals surface area contributed by atoms with Gasteiger partial charge in [0, 0.05) is 5.41 Å². The van der Waals surface area contributed by atoms with Crippen molar-refractivity contribution in [2.24, 2.45) is 29.1 Å². The number of carbonyl (C=O) groups is 4. The maximum Gasteiger partial charge on any atom is 0.327 e. The van der Waals surface area contributed by atoms with E-state index in [1.165, 1.54) is 0 Å². The number of rotatable bonds is 9. The Morgan fingerprint density at radius 1 is 0.966 bits per heavy atom. The van der Waals surface area contributed by atoms with Crippen LogP contribution >= 0.6 is 0 Å². The Labute approximate surface area is 170 Å². The molecule has 1 amide bonds. The van der Waals surface area contributed by atoms with Gasteiger partial charge in [-0.15, -0.1) is 0 Å². The fourth-order valence-electron chi connectivity index (χ4n) is 6.00. The van der Waals surface area contributed by atoms with Gasteiger partial charge in [0.1, 0.15) is 6.04 Å². The molecule has 8 heteroatoms. The molecule has 4 aliphatic carbocycles. The minimum atomic E-state index is -1.53. The van der Waals surface area contributed by atoms with E-state index < -0.39 is 41.7 Å². The molecule has 0 aliphatic heterocycles. The predicted octanol–water partition coefficient (Wildman–Crippen LogP) is 1.90. The Bertz CT molecular complexity index is 639. The van der Waals surface area contributed by atoms with Gasteiger partial charge in [-0.1, -0.05) is 0 Å². The first-order chi connectivity index (χ1) is 13.8. The first-order valence-electron chi connectivity index (χ1n) is 10.6. The van der Waals surface area contributed by atoms with E-state index in [9.17, 15) is 24.3 Å². The number of esters is 2. The van der Waals surface area contributed by atoms with Crippen molar-refractivity contribution in [1.82, 2.24) is 5.32 Å². The summed E-state index contributed by atoms with van der Waals surface area (Å²) in [6, 6.07) is -1.53. The lowest BCUT2D eigenvalue weighted by molar-refractivity contribution is -0.162. The van der Waals surface area contributed by atoms with E-state index in [0.717, 1.165) is 38.5 Å². The van der Waals surface area contributed by atoms with Crippen molar-refractivity contribution in [3.05, 3.63) is 0 Å². The van der Waals surface area contributed by atoms with Crippen molar-refractivity contribution in [3.63, 3.8) is 0 Å². The van der Waals surface area contributed by atoms with E-state index in [4.69, 9.17) is 9.47 Å². The van der Waals surface area contributed by atoms with Crippen LogP contribution in [-0.4, -0.2) is 48.2 Å². The zero-order valence-corrected chi connectivity index (χ0v) is 17.1. The van der Waals surface area contributed by atoms with Gasteiger partial charge in [0.05, 0.1) is 25.6 Å². The van der Waals surface area contributed by atoms with Crippen LogP contribution in [0.5, 0.6) is 0 Å². The van der Waals surface area contributed by atoms with Crippen LogP contribution in [0.2, 0.25) is 0 Å². The highest BCUT2D eigenvalue weighted by molar-refractivity contribution is 5.92. The number of carboxylic acid groups (broad SMARTS) is 1. The number of hydrogen-bond acceptors (Lipinski definition) is 6. The Balaban J connectivity index is 1.77. The quantitative estimate of drug-likeness (QED) is 0.558. The molecule has 4 aliphatic rings. The topological polar surface area (TPSA) is 119 Å². The Hall–Kier alpha value is -2.12. The molecule has 2 N–H and O–H groups in total. The minimum absolute atomic E-state index is 0.0490. The zero-order chi connectivity index (χ0) is 21.2. The van der Waals surface area contributed by atoms with Crippen molar-refractivity contribution in [3.8, 4) is 0 Å². The van der Waals surface area contributed by atoms with Crippen molar-refractivity contribution in [2.75, 3.05) is 13.2 Å². The van der Waals surface area contributed by atoms with Gasteiger partial charge in [-0.2, -0.15) is 0 Å². The summed E-state index contributed by atoms with van der Waals surface area (Å²) in [5.41, 5.74) is -0.550. The van der Waals surface area contributed by atoms with Gasteiger partial charge in [-0.3, -0.25) is 14.4 Å². The molecule has 4 rings (SSSR count). The minimum Gasteiger partial charge on any atom is -0.480 e. The Morgan fingerprint density at radius 2 is 1.48 bits per heavy atom. The molecule has 0 heterocycles. The number of amides is 1. The molecule has 162 valence electrons. The van der Waals surface area contributed by atoms with Gasteiger partial charge in [0.2, 0.25) is 5.91 Å². The molecule has 4 saturated carbocycles. The third kappa shape index (κ3) is 4.56. The molecule has 0 radical (unpaired) electrons. The molecule has 0 unspecified atom stereocenters. The Morgan fingerprint density at radius 3 is 1.93 bits per heavy atom. The average molecular weight is 409 g/mol. The molecular weight excluding hydrogens is 378 g/mol. The van der Waals surface area contributed by atoms with Gasteiger partial charge in [-0.25, -0.2) is 4.79 Å². The average Bonchev–Trinajstić information content (AvgIpc) is 2.63. The molecule has 2 atom stereocenters. The fourth-order valence-corrected chi connectivity index (χ4v) is 6.00. The molecule has 29 heavy (non-hydrogen) atoms. The van der Waals surface area contributed by atoms with Crippen LogP contribution in [0, 0.1) is 29.1 Å². The van der Waals surface area contributed by atoms with Crippen LogP contribution in [0.3, 0.4) is 0 Å². The summed E-state index contributed by atoms with van der Waals surface area (Å²) in [6.07, 6.45) is 5.34. The van der Waals surface area contributed by atoms with E-state index in [1.807, 2.05) is 0 Å². The second kappa shape index (κ2) is 8.71.